The number of aromatic nitrogens is 2. The maximum atomic E-state index is 4.74. The van der Waals surface area contributed by atoms with Gasteiger partial charge in [-0.05, 0) is 65.1 Å². The van der Waals surface area contributed by atoms with E-state index in [1.165, 1.54) is 55.0 Å². The smallest absolute Gasteiger partial charge is 0.0641 e. The van der Waals surface area contributed by atoms with Crippen LogP contribution in [0, 0.1) is 19.8 Å². The molecule has 0 aliphatic carbocycles. The van der Waals surface area contributed by atoms with Crippen molar-refractivity contribution in [2.45, 2.75) is 53.1 Å². The second-order valence-electron chi connectivity index (χ2n) is 8.21. The molecule has 4 nitrogen and oxygen atoms in total. The molecular formula is C23H36N4. The maximum absolute atomic E-state index is 4.74. The molecule has 1 fully saturated rings. The molecule has 27 heavy (non-hydrogen) atoms. The van der Waals surface area contributed by atoms with Crippen molar-refractivity contribution in [3.63, 3.8) is 0 Å². The molecule has 2 aromatic rings. The number of rotatable bonds is 8. The third-order valence-corrected chi connectivity index (χ3v) is 6.01. The molecule has 1 saturated heterocycles. The molecular weight excluding hydrogens is 332 g/mol. The highest BCUT2D eigenvalue weighted by molar-refractivity contribution is 5.24. The summed E-state index contributed by atoms with van der Waals surface area (Å²) in [6, 6.07) is 10.9. The van der Waals surface area contributed by atoms with Crippen LogP contribution < -0.4 is 0 Å². The number of hydrogen-bond acceptors (Lipinski definition) is 3. The first-order chi connectivity index (χ1) is 13.1. The fraction of sp³-hybridized carbons (Fsp3) is 0.609. The predicted molar refractivity (Wildman–Crippen MR) is 113 cm³/mol. The molecule has 0 unspecified atom stereocenters. The van der Waals surface area contributed by atoms with Crippen LogP contribution >= 0.6 is 0 Å². The van der Waals surface area contributed by atoms with E-state index in [-0.39, 0.29) is 0 Å². The summed E-state index contributed by atoms with van der Waals surface area (Å²) in [4.78, 5) is 5.17. The molecule has 1 atom stereocenters. The lowest BCUT2D eigenvalue weighted by Crippen LogP contribution is -2.39. The van der Waals surface area contributed by atoms with Gasteiger partial charge in [0.15, 0.2) is 0 Å². The van der Waals surface area contributed by atoms with Gasteiger partial charge in [0.05, 0.1) is 5.69 Å². The van der Waals surface area contributed by atoms with Crippen molar-refractivity contribution in [1.29, 1.82) is 0 Å². The van der Waals surface area contributed by atoms with Gasteiger partial charge in [-0.15, -0.1) is 0 Å². The van der Waals surface area contributed by atoms with Crippen molar-refractivity contribution in [2.24, 2.45) is 5.92 Å². The zero-order chi connectivity index (χ0) is 19.2. The van der Waals surface area contributed by atoms with Crippen molar-refractivity contribution in [3.8, 4) is 0 Å². The lowest BCUT2D eigenvalue weighted by atomic mass is 9.97. The second-order valence-corrected chi connectivity index (χ2v) is 8.21. The lowest BCUT2D eigenvalue weighted by molar-refractivity contribution is 0.148. The SMILES string of the molecule is CCn1nc(C)c(CN(CCc2ccccc2)C[C@H]2CCCN(C)C2)c1C. The van der Waals surface area contributed by atoms with Gasteiger partial charge in [0.2, 0.25) is 0 Å². The van der Waals surface area contributed by atoms with Gasteiger partial charge in [-0.3, -0.25) is 9.58 Å². The van der Waals surface area contributed by atoms with E-state index in [9.17, 15) is 0 Å². The van der Waals surface area contributed by atoms with Gasteiger partial charge >= 0.3 is 0 Å². The number of benzene rings is 1. The summed E-state index contributed by atoms with van der Waals surface area (Å²) < 4.78 is 2.15. The molecule has 1 aromatic heterocycles. The number of piperidine rings is 1. The fourth-order valence-corrected chi connectivity index (χ4v) is 4.45. The topological polar surface area (TPSA) is 24.3 Å². The van der Waals surface area contributed by atoms with Gasteiger partial charge in [-0.1, -0.05) is 30.3 Å². The van der Waals surface area contributed by atoms with Crippen LogP contribution in [0.2, 0.25) is 0 Å². The van der Waals surface area contributed by atoms with Crippen molar-refractivity contribution in [1.82, 2.24) is 19.6 Å². The Bertz CT molecular complexity index is 707. The summed E-state index contributed by atoms with van der Waals surface area (Å²) in [6.07, 6.45) is 3.81. The first-order valence-electron chi connectivity index (χ1n) is 10.5. The normalized spacial score (nSPS) is 18.3. The minimum Gasteiger partial charge on any atom is -0.306 e. The molecule has 148 valence electrons. The summed E-state index contributed by atoms with van der Waals surface area (Å²) in [5, 5.41) is 4.74. The molecule has 3 rings (SSSR count). The number of likely N-dealkylation sites (tertiary alicyclic amines) is 1. The Morgan fingerprint density at radius 1 is 1.19 bits per heavy atom. The molecule has 2 heterocycles. The van der Waals surface area contributed by atoms with Crippen LogP contribution in [0.5, 0.6) is 0 Å². The Hall–Kier alpha value is -1.65. The summed E-state index contributed by atoms with van der Waals surface area (Å²) in [6.45, 7) is 13.3. The van der Waals surface area contributed by atoms with Crippen LogP contribution in [0.1, 0.15) is 42.3 Å². The molecule has 0 N–H and O–H groups in total. The quantitative estimate of drug-likeness (QED) is 0.706. The lowest BCUT2D eigenvalue weighted by Gasteiger charge is -2.34. The van der Waals surface area contributed by atoms with Crippen LogP contribution in [0.25, 0.3) is 0 Å². The molecule has 1 aromatic carbocycles. The molecule has 0 spiro atoms. The van der Waals surface area contributed by atoms with Gasteiger partial charge < -0.3 is 4.90 Å². The van der Waals surface area contributed by atoms with Gasteiger partial charge in [-0.25, -0.2) is 0 Å². The summed E-state index contributed by atoms with van der Waals surface area (Å²) in [5.74, 6) is 0.779. The number of nitrogens with zero attached hydrogens (tertiary/aromatic N) is 4. The Balaban J connectivity index is 1.71. The monoisotopic (exact) mass is 368 g/mol. The molecule has 0 saturated carbocycles. The third-order valence-electron chi connectivity index (χ3n) is 6.01. The van der Waals surface area contributed by atoms with Crippen LogP contribution in [0.15, 0.2) is 30.3 Å². The molecule has 0 bridgehead atoms. The van der Waals surface area contributed by atoms with Gasteiger partial charge in [-0.2, -0.15) is 5.10 Å². The van der Waals surface area contributed by atoms with Crippen molar-refractivity contribution in [2.75, 3.05) is 33.2 Å². The highest BCUT2D eigenvalue weighted by Crippen LogP contribution is 2.21. The summed E-state index contributed by atoms with van der Waals surface area (Å²) >= 11 is 0. The average Bonchev–Trinajstić information content (AvgIpc) is 2.94. The van der Waals surface area contributed by atoms with Crippen LogP contribution in [-0.4, -0.2) is 52.8 Å². The van der Waals surface area contributed by atoms with Crippen molar-refractivity contribution < 1.29 is 0 Å². The largest absolute Gasteiger partial charge is 0.306 e. The van der Waals surface area contributed by atoms with Gasteiger partial charge in [0.25, 0.3) is 0 Å². The van der Waals surface area contributed by atoms with Gasteiger partial charge in [0, 0.05) is 44.0 Å². The highest BCUT2D eigenvalue weighted by atomic mass is 15.3. The van der Waals surface area contributed by atoms with E-state index in [2.05, 4.69) is 72.6 Å². The van der Waals surface area contributed by atoms with E-state index in [1.807, 2.05) is 0 Å². The number of hydrogen-bond donors (Lipinski definition) is 0. The Morgan fingerprint density at radius 3 is 2.63 bits per heavy atom. The van der Waals surface area contributed by atoms with E-state index >= 15 is 0 Å². The van der Waals surface area contributed by atoms with Crippen LogP contribution in [0.3, 0.4) is 0 Å². The standard InChI is InChI=1S/C23H36N4/c1-5-27-20(3)23(19(2)24-27)18-26(15-13-21-10-7-6-8-11-21)17-22-12-9-14-25(4)16-22/h6-8,10-11,22H,5,9,12-18H2,1-4H3/t22-/m0/s1. The highest BCUT2D eigenvalue weighted by Gasteiger charge is 2.22. The second kappa shape index (κ2) is 9.52. The van der Waals surface area contributed by atoms with E-state index in [4.69, 9.17) is 5.10 Å². The minimum absolute atomic E-state index is 0.779. The summed E-state index contributed by atoms with van der Waals surface area (Å²) in [7, 11) is 2.26. The van der Waals surface area contributed by atoms with Gasteiger partial charge in [0.1, 0.15) is 0 Å². The molecule has 1 aliphatic heterocycles. The van der Waals surface area contributed by atoms with E-state index in [0.717, 1.165) is 32.0 Å². The van der Waals surface area contributed by atoms with E-state index in [1.54, 1.807) is 0 Å². The van der Waals surface area contributed by atoms with E-state index < -0.39 is 0 Å². The van der Waals surface area contributed by atoms with Crippen molar-refractivity contribution in [3.05, 3.63) is 52.8 Å². The minimum atomic E-state index is 0.779. The summed E-state index contributed by atoms with van der Waals surface area (Å²) in [5.41, 5.74) is 5.38. The van der Waals surface area contributed by atoms with Crippen LogP contribution in [-0.2, 0) is 19.5 Å². The van der Waals surface area contributed by atoms with Crippen molar-refractivity contribution >= 4 is 0 Å². The first kappa shape index (κ1) is 20.1. The molecule has 4 heteroatoms. The third kappa shape index (κ3) is 5.43. The Labute approximate surface area is 165 Å². The molecule has 0 amide bonds. The zero-order valence-corrected chi connectivity index (χ0v) is 17.6. The fourth-order valence-electron chi connectivity index (χ4n) is 4.45. The first-order valence-corrected chi connectivity index (χ1v) is 10.5. The average molecular weight is 369 g/mol. The van der Waals surface area contributed by atoms with Crippen LogP contribution in [0.4, 0.5) is 0 Å². The Kier molecular flexibility index (Phi) is 7.08. The predicted octanol–water partition coefficient (Wildman–Crippen LogP) is 3.91. The molecule has 1 aliphatic rings. The maximum Gasteiger partial charge on any atom is 0.0641 e. The Morgan fingerprint density at radius 2 is 1.96 bits per heavy atom. The van der Waals surface area contributed by atoms with E-state index in [0.29, 0.717) is 0 Å². The zero-order valence-electron chi connectivity index (χ0n) is 17.6. The molecule has 0 radical (unpaired) electrons. The number of aryl methyl sites for hydroxylation is 2.